The molecule has 3 aromatic rings. The largest absolute Gasteiger partial charge is 0.345 e. The Balaban J connectivity index is 1.74. The number of nitrogens with one attached hydrogen (secondary N) is 1. The van der Waals surface area contributed by atoms with E-state index in [0.717, 1.165) is 33.8 Å². The summed E-state index contributed by atoms with van der Waals surface area (Å²) in [5.74, 6) is -0.463. The normalized spacial score (nSPS) is 12.4. The highest BCUT2D eigenvalue weighted by molar-refractivity contribution is 7.92. The number of halogens is 1. The van der Waals surface area contributed by atoms with Crippen LogP contribution in [0.3, 0.4) is 0 Å². The average Bonchev–Trinajstić information content (AvgIpc) is 3.20. The van der Waals surface area contributed by atoms with Crippen molar-refractivity contribution in [3.8, 4) is 11.4 Å². The van der Waals surface area contributed by atoms with Gasteiger partial charge in [-0.25, -0.2) is 12.8 Å². The first-order valence-electron chi connectivity index (χ1n) is 9.61. The molecular formula is C21H23FN4O4S. The Morgan fingerprint density at radius 3 is 2.39 bits per heavy atom. The number of sulfonamides is 1. The van der Waals surface area contributed by atoms with Crippen molar-refractivity contribution in [1.82, 2.24) is 15.5 Å². The molecule has 0 spiro atoms. The molecule has 1 amide bonds. The lowest BCUT2D eigenvalue weighted by Gasteiger charge is -2.29. The Morgan fingerprint density at radius 1 is 1.16 bits per heavy atom. The molecule has 31 heavy (non-hydrogen) atoms. The summed E-state index contributed by atoms with van der Waals surface area (Å²) in [6.07, 6.45) is 1.20. The molecule has 0 bridgehead atoms. The number of carbonyl (C=O) groups excluding carboxylic acids is 1. The Bertz CT molecular complexity index is 1140. The summed E-state index contributed by atoms with van der Waals surface area (Å²) >= 11 is 0. The highest BCUT2D eigenvalue weighted by Gasteiger charge is 2.31. The van der Waals surface area contributed by atoms with Gasteiger partial charge in [-0.05, 0) is 37.6 Å². The van der Waals surface area contributed by atoms with E-state index in [4.69, 9.17) is 4.52 Å². The van der Waals surface area contributed by atoms with Gasteiger partial charge >= 0.3 is 0 Å². The maximum Gasteiger partial charge on any atom is 0.246 e. The van der Waals surface area contributed by atoms with E-state index in [1.165, 1.54) is 12.1 Å². The number of hydrogen-bond donors (Lipinski definition) is 1. The third-order valence-corrected chi connectivity index (χ3v) is 5.78. The molecule has 1 N–H and O–H groups in total. The van der Waals surface area contributed by atoms with Gasteiger partial charge in [0.1, 0.15) is 11.9 Å². The molecule has 0 saturated carbocycles. The van der Waals surface area contributed by atoms with Gasteiger partial charge in [-0.1, -0.05) is 41.9 Å². The second-order valence-corrected chi connectivity index (χ2v) is 8.91. The second-order valence-electron chi connectivity index (χ2n) is 7.05. The molecule has 0 aliphatic heterocycles. The van der Waals surface area contributed by atoms with E-state index in [9.17, 15) is 17.6 Å². The molecule has 8 nitrogen and oxygen atoms in total. The summed E-state index contributed by atoms with van der Waals surface area (Å²) in [5, 5.41) is 6.55. The van der Waals surface area contributed by atoms with Gasteiger partial charge in [-0.2, -0.15) is 4.98 Å². The Labute approximate surface area is 180 Å². The van der Waals surface area contributed by atoms with Gasteiger partial charge in [-0.3, -0.25) is 9.10 Å². The van der Waals surface area contributed by atoms with Crippen molar-refractivity contribution in [2.45, 2.75) is 32.9 Å². The van der Waals surface area contributed by atoms with Gasteiger partial charge < -0.3 is 9.84 Å². The van der Waals surface area contributed by atoms with Crippen LogP contribution >= 0.6 is 0 Å². The summed E-state index contributed by atoms with van der Waals surface area (Å²) in [4.78, 5) is 17.1. The molecular weight excluding hydrogens is 423 g/mol. The topological polar surface area (TPSA) is 105 Å². The number of hydrogen-bond acceptors (Lipinski definition) is 6. The number of carbonyl (C=O) groups is 1. The lowest BCUT2D eigenvalue weighted by atomic mass is 10.1. The molecule has 0 saturated heterocycles. The maximum absolute atomic E-state index is 13.3. The fourth-order valence-electron chi connectivity index (χ4n) is 3.08. The molecule has 1 aromatic heterocycles. The number of nitrogens with zero attached hydrogens (tertiary/aromatic N) is 3. The SMILES string of the molecule is CC[C@@H](C(=O)NCc1nc(-c2ccc(C)cc2)no1)N(c1ccc(F)cc1)S(C)(=O)=O. The Kier molecular flexibility index (Phi) is 6.69. The van der Waals surface area contributed by atoms with Crippen LogP contribution in [0.25, 0.3) is 11.4 Å². The first-order chi connectivity index (χ1) is 14.7. The highest BCUT2D eigenvalue weighted by Crippen LogP contribution is 2.23. The zero-order chi connectivity index (χ0) is 22.6. The van der Waals surface area contributed by atoms with Crippen molar-refractivity contribution in [3.05, 3.63) is 65.8 Å². The van der Waals surface area contributed by atoms with E-state index in [-0.39, 0.29) is 24.5 Å². The molecule has 0 unspecified atom stereocenters. The molecule has 0 aliphatic rings. The van der Waals surface area contributed by atoms with Gasteiger partial charge in [0.2, 0.25) is 27.6 Å². The third-order valence-electron chi connectivity index (χ3n) is 4.60. The molecule has 1 atom stereocenters. The van der Waals surface area contributed by atoms with E-state index in [1.54, 1.807) is 6.92 Å². The van der Waals surface area contributed by atoms with Gasteiger partial charge in [0.05, 0.1) is 18.5 Å². The highest BCUT2D eigenvalue weighted by atomic mass is 32.2. The van der Waals surface area contributed by atoms with Crippen LogP contribution in [0.15, 0.2) is 53.1 Å². The first kappa shape index (κ1) is 22.4. The van der Waals surface area contributed by atoms with E-state index in [1.807, 2.05) is 31.2 Å². The molecule has 10 heteroatoms. The monoisotopic (exact) mass is 446 g/mol. The summed E-state index contributed by atoms with van der Waals surface area (Å²) in [7, 11) is -3.81. The minimum Gasteiger partial charge on any atom is -0.345 e. The molecule has 1 heterocycles. The van der Waals surface area contributed by atoms with Crippen molar-refractivity contribution in [2.24, 2.45) is 0 Å². The summed E-state index contributed by atoms with van der Waals surface area (Å²) < 4.78 is 44.2. The van der Waals surface area contributed by atoms with Crippen LogP contribution in [0.4, 0.5) is 10.1 Å². The average molecular weight is 447 g/mol. The van der Waals surface area contributed by atoms with Crippen LogP contribution in [0.1, 0.15) is 24.8 Å². The predicted octanol–water partition coefficient (Wildman–Crippen LogP) is 3.05. The maximum atomic E-state index is 13.3. The van der Waals surface area contributed by atoms with Crippen LogP contribution in [0.2, 0.25) is 0 Å². The number of benzene rings is 2. The summed E-state index contributed by atoms with van der Waals surface area (Å²) in [6.45, 7) is 3.60. The van der Waals surface area contributed by atoms with Crippen molar-refractivity contribution in [2.75, 3.05) is 10.6 Å². The summed E-state index contributed by atoms with van der Waals surface area (Å²) in [6, 6.07) is 11.5. The van der Waals surface area contributed by atoms with Crippen LogP contribution in [0.5, 0.6) is 0 Å². The van der Waals surface area contributed by atoms with Crippen molar-refractivity contribution < 1.29 is 22.1 Å². The first-order valence-corrected chi connectivity index (χ1v) is 11.5. The zero-order valence-electron chi connectivity index (χ0n) is 17.4. The quantitative estimate of drug-likeness (QED) is 0.570. The smallest absolute Gasteiger partial charge is 0.246 e. The Hall–Kier alpha value is -3.27. The molecule has 2 aromatic carbocycles. The lowest BCUT2D eigenvalue weighted by Crippen LogP contribution is -2.49. The fourth-order valence-corrected chi connectivity index (χ4v) is 4.29. The van der Waals surface area contributed by atoms with E-state index in [0.29, 0.717) is 5.82 Å². The van der Waals surface area contributed by atoms with Crippen molar-refractivity contribution >= 4 is 21.6 Å². The van der Waals surface area contributed by atoms with Crippen LogP contribution in [0, 0.1) is 12.7 Å². The van der Waals surface area contributed by atoms with E-state index >= 15 is 0 Å². The number of rotatable bonds is 8. The van der Waals surface area contributed by atoms with E-state index in [2.05, 4.69) is 15.5 Å². The van der Waals surface area contributed by atoms with E-state index < -0.39 is 27.8 Å². The number of anilines is 1. The van der Waals surface area contributed by atoms with Gasteiger partial charge in [0.25, 0.3) is 0 Å². The van der Waals surface area contributed by atoms with Crippen molar-refractivity contribution in [1.29, 1.82) is 0 Å². The minimum absolute atomic E-state index is 0.0603. The third kappa shape index (κ3) is 5.46. The molecule has 0 radical (unpaired) electrons. The van der Waals surface area contributed by atoms with Gasteiger partial charge in [0.15, 0.2) is 0 Å². The molecule has 0 fully saturated rings. The number of aryl methyl sites for hydroxylation is 1. The predicted molar refractivity (Wildman–Crippen MR) is 114 cm³/mol. The number of amides is 1. The zero-order valence-corrected chi connectivity index (χ0v) is 18.2. The summed E-state index contributed by atoms with van der Waals surface area (Å²) in [5.41, 5.74) is 2.07. The van der Waals surface area contributed by atoms with Crippen LogP contribution in [-0.2, 0) is 21.4 Å². The van der Waals surface area contributed by atoms with Gasteiger partial charge in [0, 0.05) is 5.56 Å². The molecule has 0 aliphatic carbocycles. The lowest BCUT2D eigenvalue weighted by molar-refractivity contribution is -0.122. The van der Waals surface area contributed by atoms with Crippen LogP contribution in [-0.4, -0.2) is 36.8 Å². The second kappa shape index (κ2) is 9.25. The Morgan fingerprint density at radius 2 is 1.81 bits per heavy atom. The van der Waals surface area contributed by atoms with Gasteiger partial charge in [-0.15, -0.1) is 0 Å². The van der Waals surface area contributed by atoms with Crippen LogP contribution < -0.4 is 9.62 Å². The number of aromatic nitrogens is 2. The fraction of sp³-hybridized carbons (Fsp3) is 0.286. The molecule has 3 rings (SSSR count). The standard InChI is InChI=1S/C21H23FN4O4S/c1-4-18(26(31(3,28)29)17-11-9-16(22)10-12-17)21(27)23-13-19-24-20(25-30-19)15-7-5-14(2)6-8-15/h5-12,18H,4,13H2,1-3H3,(H,23,27)/t18-/m0/s1. The minimum atomic E-state index is -3.81. The van der Waals surface area contributed by atoms with Crippen molar-refractivity contribution in [3.63, 3.8) is 0 Å². The molecule has 164 valence electrons.